The number of hydrogen-bond acceptors (Lipinski definition) is 3. The number of benzene rings is 3. The second kappa shape index (κ2) is 11.6. The molecular weight excluding hydrogens is 541 g/mol. The Labute approximate surface area is 227 Å². The van der Waals surface area contributed by atoms with Crippen molar-refractivity contribution in [2.45, 2.75) is 37.9 Å². The van der Waals surface area contributed by atoms with Crippen molar-refractivity contribution >= 4 is 34.8 Å². The number of alkyl halides is 3. The van der Waals surface area contributed by atoms with Crippen LogP contribution in [0, 0.1) is 17.1 Å². The molecule has 0 spiro atoms. The largest absolute Gasteiger partial charge is 0.416 e. The molecule has 1 aliphatic carbocycles. The highest BCUT2D eigenvalue weighted by Crippen LogP contribution is 2.40. The molecule has 0 radical (unpaired) electrons. The molecule has 1 saturated carbocycles. The number of nitrogens with zero attached hydrogens (tertiary/aromatic N) is 2. The molecule has 0 saturated heterocycles. The van der Waals surface area contributed by atoms with Crippen LogP contribution in [0.2, 0.25) is 10.0 Å². The number of nitriles is 1. The highest BCUT2D eigenvalue weighted by Gasteiger charge is 2.31. The van der Waals surface area contributed by atoms with Gasteiger partial charge >= 0.3 is 6.18 Å². The predicted molar refractivity (Wildman–Crippen MR) is 139 cm³/mol. The number of amides is 1. The maximum absolute atomic E-state index is 15.2. The first-order valence-corrected chi connectivity index (χ1v) is 12.7. The Bertz CT molecular complexity index is 1370. The monoisotopic (exact) mass is 563 g/mol. The van der Waals surface area contributed by atoms with E-state index in [1.54, 1.807) is 6.07 Å². The zero-order valence-electron chi connectivity index (χ0n) is 20.1. The van der Waals surface area contributed by atoms with Crippen LogP contribution in [0.3, 0.4) is 0 Å². The van der Waals surface area contributed by atoms with Crippen molar-refractivity contribution in [3.8, 4) is 6.07 Å². The molecule has 1 aliphatic rings. The van der Waals surface area contributed by atoms with Gasteiger partial charge in [-0.3, -0.25) is 4.79 Å². The highest BCUT2D eigenvalue weighted by atomic mass is 35.5. The first-order chi connectivity index (χ1) is 18.1. The van der Waals surface area contributed by atoms with Crippen LogP contribution in [0.5, 0.6) is 0 Å². The Kier molecular flexibility index (Phi) is 8.49. The van der Waals surface area contributed by atoms with Crippen LogP contribution in [-0.2, 0) is 19.1 Å². The van der Waals surface area contributed by atoms with Gasteiger partial charge in [0, 0.05) is 13.1 Å². The minimum absolute atomic E-state index is 0.00815. The summed E-state index contributed by atoms with van der Waals surface area (Å²) in [5.74, 6) is -1.22. The molecule has 38 heavy (non-hydrogen) atoms. The van der Waals surface area contributed by atoms with Crippen molar-refractivity contribution in [1.29, 1.82) is 5.26 Å². The summed E-state index contributed by atoms with van der Waals surface area (Å²) in [7, 11) is 0. The molecule has 3 aromatic rings. The molecule has 1 amide bonds. The Morgan fingerprint density at radius 1 is 1.05 bits per heavy atom. The van der Waals surface area contributed by atoms with Crippen molar-refractivity contribution in [2.75, 3.05) is 18.4 Å². The van der Waals surface area contributed by atoms with E-state index in [-0.39, 0.29) is 41.8 Å². The summed E-state index contributed by atoms with van der Waals surface area (Å²) in [5, 5.41) is 11.2. The van der Waals surface area contributed by atoms with E-state index in [4.69, 9.17) is 28.5 Å². The molecule has 0 atom stereocenters. The minimum Gasteiger partial charge on any atom is -0.370 e. The van der Waals surface area contributed by atoms with Gasteiger partial charge in [-0.25, -0.2) is 4.39 Å². The van der Waals surface area contributed by atoms with Gasteiger partial charge in [0.2, 0.25) is 0 Å². The van der Waals surface area contributed by atoms with Gasteiger partial charge in [0.15, 0.2) is 5.82 Å². The molecule has 10 heteroatoms. The summed E-state index contributed by atoms with van der Waals surface area (Å²) >= 11 is 12.2. The molecule has 4 rings (SSSR count). The molecule has 1 N–H and O–H groups in total. The summed E-state index contributed by atoms with van der Waals surface area (Å²) < 4.78 is 54.8. The fourth-order valence-electron chi connectivity index (χ4n) is 4.21. The fraction of sp³-hybridized carbons (Fsp3) is 0.286. The lowest BCUT2D eigenvalue weighted by molar-refractivity contribution is -0.137. The molecule has 0 heterocycles. The molecule has 0 unspecified atom stereocenters. The van der Waals surface area contributed by atoms with E-state index >= 15 is 4.39 Å². The van der Waals surface area contributed by atoms with Gasteiger partial charge in [-0.15, -0.1) is 0 Å². The van der Waals surface area contributed by atoms with Crippen LogP contribution in [0.1, 0.15) is 51.4 Å². The van der Waals surface area contributed by atoms with Crippen LogP contribution in [0.4, 0.5) is 23.2 Å². The number of nitrogens with one attached hydrogen (secondary N) is 1. The van der Waals surface area contributed by atoms with E-state index in [2.05, 4.69) is 5.32 Å². The number of carbonyl (C=O) groups is 1. The Hall–Kier alpha value is -3.28. The molecule has 0 aliphatic heterocycles. The van der Waals surface area contributed by atoms with Gasteiger partial charge in [-0.2, -0.15) is 18.4 Å². The summed E-state index contributed by atoms with van der Waals surface area (Å²) in [6, 6.07) is 15.6. The SMILES string of the molecule is N#CCNc1c(Cl)cc(Cl)c(F)c1C(=O)N(CCc1cccc(C(F)(F)F)c1)Cc1ccc(C2CC2)cc1. The lowest BCUT2D eigenvalue weighted by atomic mass is 10.0. The lowest BCUT2D eigenvalue weighted by Gasteiger charge is -2.25. The number of hydrogen-bond donors (Lipinski definition) is 1. The Morgan fingerprint density at radius 2 is 1.76 bits per heavy atom. The quantitative estimate of drug-likeness (QED) is 0.164. The summed E-state index contributed by atoms with van der Waals surface area (Å²) in [5.41, 5.74) is 1.04. The van der Waals surface area contributed by atoms with Crippen molar-refractivity contribution in [3.63, 3.8) is 0 Å². The Morgan fingerprint density at radius 3 is 2.39 bits per heavy atom. The molecule has 0 bridgehead atoms. The topological polar surface area (TPSA) is 56.1 Å². The third kappa shape index (κ3) is 6.58. The van der Waals surface area contributed by atoms with Gasteiger partial charge in [0.1, 0.15) is 12.1 Å². The Balaban J connectivity index is 1.67. The van der Waals surface area contributed by atoms with Gasteiger partial charge < -0.3 is 10.2 Å². The normalized spacial score (nSPS) is 13.2. The van der Waals surface area contributed by atoms with Crippen LogP contribution in [-0.4, -0.2) is 23.9 Å². The first kappa shape index (κ1) is 27.7. The van der Waals surface area contributed by atoms with Crippen LogP contribution in [0.25, 0.3) is 0 Å². The van der Waals surface area contributed by atoms with E-state index in [0.717, 1.165) is 36.6 Å². The molecule has 198 valence electrons. The van der Waals surface area contributed by atoms with Crippen molar-refractivity contribution < 1.29 is 22.4 Å². The average Bonchev–Trinajstić information content (AvgIpc) is 3.73. The first-order valence-electron chi connectivity index (χ1n) is 11.9. The molecule has 3 aromatic carbocycles. The van der Waals surface area contributed by atoms with E-state index < -0.39 is 29.0 Å². The number of anilines is 1. The predicted octanol–water partition coefficient (Wildman–Crippen LogP) is 7.85. The average molecular weight is 564 g/mol. The molecule has 1 fully saturated rings. The lowest BCUT2D eigenvalue weighted by Crippen LogP contribution is -2.34. The fourth-order valence-corrected chi connectivity index (χ4v) is 4.74. The van der Waals surface area contributed by atoms with Crippen molar-refractivity contribution in [2.24, 2.45) is 0 Å². The smallest absolute Gasteiger partial charge is 0.370 e. The molecule has 0 aromatic heterocycles. The summed E-state index contributed by atoms with van der Waals surface area (Å²) in [4.78, 5) is 15.1. The van der Waals surface area contributed by atoms with Gasteiger partial charge in [-0.05, 0) is 54.0 Å². The van der Waals surface area contributed by atoms with E-state index in [1.807, 2.05) is 30.3 Å². The maximum atomic E-state index is 15.2. The van der Waals surface area contributed by atoms with Crippen molar-refractivity contribution in [1.82, 2.24) is 4.90 Å². The van der Waals surface area contributed by atoms with E-state index in [0.29, 0.717) is 11.5 Å². The molecular formula is C28H23Cl2F4N3O. The second-order valence-corrected chi connectivity index (χ2v) is 9.92. The highest BCUT2D eigenvalue weighted by molar-refractivity contribution is 6.37. The third-order valence-electron chi connectivity index (χ3n) is 6.34. The van der Waals surface area contributed by atoms with Crippen LogP contribution >= 0.6 is 23.2 Å². The van der Waals surface area contributed by atoms with Gasteiger partial charge in [0.25, 0.3) is 5.91 Å². The van der Waals surface area contributed by atoms with Gasteiger partial charge in [-0.1, -0.05) is 65.7 Å². The zero-order chi connectivity index (χ0) is 27.4. The van der Waals surface area contributed by atoms with Crippen molar-refractivity contribution in [3.05, 3.63) is 98.3 Å². The molecule has 4 nitrogen and oxygen atoms in total. The number of rotatable bonds is 9. The number of halogens is 6. The van der Waals surface area contributed by atoms with E-state index in [1.165, 1.54) is 16.5 Å². The minimum atomic E-state index is -4.50. The van der Waals surface area contributed by atoms with Crippen LogP contribution in [0.15, 0.2) is 54.6 Å². The van der Waals surface area contributed by atoms with Gasteiger partial charge in [0.05, 0.1) is 27.4 Å². The summed E-state index contributed by atoms with van der Waals surface area (Å²) in [6.07, 6.45) is -2.15. The maximum Gasteiger partial charge on any atom is 0.416 e. The third-order valence-corrected chi connectivity index (χ3v) is 6.92. The summed E-state index contributed by atoms with van der Waals surface area (Å²) in [6.45, 7) is -0.177. The zero-order valence-corrected chi connectivity index (χ0v) is 21.6. The number of carbonyl (C=O) groups excluding carboxylic acids is 1. The standard InChI is InChI=1S/C28H23Cl2F4N3O/c29-22-15-23(30)26(36-12-11-35)24(25(22)31)27(38)37(16-18-4-6-19(7-5-18)20-8-9-20)13-10-17-2-1-3-21(14-17)28(32,33)34/h1-7,14-15,20,36H,8-10,12-13,16H2. The van der Waals surface area contributed by atoms with E-state index in [9.17, 15) is 18.0 Å². The second-order valence-electron chi connectivity index (χ2n) is 9.11. The van der Waals surface area contributed by atoms with Crippen LogP contribution < -0.4 is 5.32 Å².